The zero-order valence-corrected chi connectivity index (χ0v) is 26.8. The molecule has 0 saturated heterocycles. The van der Waals surface area contributed by atoms with Gasteiger partial charge in [0, 0.05) is 65.3 Å². The number of cyclic esters (lactones) is 1. The van der Waals surface area contributed by atoms with Crippen LogP contribution in [-0.4, -0.2) is 61.1 Å². The molecule has 3 heterocycles. The summed E-state index contributed by atoms with van der Waals surface area (Å²) in [6.45, 7) is 19.7. The maximum atomic E-state index is 13.7. The first kappa shape index (κ1) is 32.0. The molecule has 0 N–H and O–H groups in total. The summed E-state index contributed by atoms with van der Waals surface area (Å²) in [4.78, 5) is 20.8. The minimum absolute atomic E-state index is 0.203. The molecule has 0 amide bonds. The Bertz CT molecular complexity index is 1670. The van der Waals surface area contributed by atoms with Gasteiger partial charge in [-0.05, 0) is 58.0 Å². The van der Waals surface area contributed by atoms with E-state index in [4.69, 9.17) is 23.9 Å². The van der Waals surface area contributed by atoms with Crippen LogP contribution in [0.4, 0.5) is 5.69 Å². The first-order valence-corrected chi connectivity index (χ1v) is 15.6. The molecule has 0 radical (unpaired) electrons. The highest BCUT2D eigenvalue weighted by molar-refractivity contribution is 5.98. The van der Waals surface area contributed by atoms with Gasteiger partial charge in [0.2, 0.25) is 5.60 Å². The van der Waals surface area contributed by atoms with E-state index in [2.05, 4.69) is 68.5 Å². The van der Waals surface area contributed by atoms with E-state index >= 15 is 0 Å². The fraction of sp³-hybridized carbons (Fsp3) is 0.351. The third-order valence-corrected chi connectivity index (χ3v) is 8.39. The first-order chi connectivity index (χ1) is 21.9. The van der Waals surface area contributed by atoms with Crippen LogP contribution in [0.3, 0.4) is 0 Å². The van der Waals surface area contributed by atoms with Gasteiger partial charge >= 0.3 is 5.97 Å². The summed E-state index contributed by atoms with van der Waals surface area (Å²) in [5.74, 6) is 0.156. The lowest BCUT2D eigenvalue weighted by Gasteiger charge is -2.33. The Morgan fingerprint density at radius 1 is 1.02 bits per heavy atom. The lowest BCUT2D eigenvalue weighted by atomic mass is 9.80. The second-order valence-electron chi connectivity index (χ2n) is 10.9. The van der Waals surface area contributed by atoms with E-state index in [1.807, 2.05) is 24.3 Å². The highest BCUT2D eigenvalue weighted by atomic mass is 16.6. The number of rotatable bonds is 16. The minimum atomic E-state index is -1.36. The van der Waals surface area contributed by atoms with Gasteiger partial charge in [0.05, 0.1) is 25.4 Å². The van der Waals surface area contributed by atoms with E-state index in [9.17, 15) is 4.79 Å². The quantitative estimate of drug-likeness (QED) is 0.0784. The van der Waals surface area contributed by atoms with Crippen LogP contribution in [0.5, 0.6) is 5.75 Å². The Labute approximate surface area is 265 Å². The zero-order valence-electron chi connectivity index (χ0n) is 26.8. The Balaban J connectivity index is 1.75. The Kier molecular flexibility index (Phi) is 10.1. The number of para-hydroxylation sites is 1. The van der Waals surface area contributed by atoms with Crippen LogP contribution >= 0.6 is 0 Å². The third-order valence-electron chi connectivity index (χ3n) is 8.39. The van der Waals surface area contributed by atoms with Crippen molar-refractivity contribution in [3.63, 3.8) is 0 Å². The minimum Gasteiger partial charge on any atom is -0.490 e. The SMILES string of the molecule is C=CCOCC(COc1cc(N(CC)CC)ccc1C1(c2c(C)n(CC)c3ccccc23)OC(=O)c2cccnc21)OCC=C. The monoisotopic (exact) mass is 609 g/mol. The summed E-state index contributed by atoms with van der Waals surface area (Å²) >= 11 is 0. The molecule has 236 valence electrons. The van der Waals surface area contributed by atoms with Crippen molar-refractivity contribution < 1.29 is 23.7 Å². The predicted octanol–water partition coefficient (Wildman–Crippen LogP) is 6.83. The van der Waals surface area contributed by atoms with Crippen LogP contribution in [0.15, 0.2) is 86.1 Å². The van der Waals surface area contributed by atoms with Crippen LogP contribution in [0.1, 0.15) is 53.6 Å². The summed E-state index contributed by atoms with van der Waals surface area (Å²) in [6.07, 6.45) is 4.75. The third kappa shape index (κ3) is 5.88. The van der Waals surface area contributed by atoms with Gasteiger partial charge in [-0.15, -0.1) is 13.2 Å². The van der Waals surface area contributed by atoms with Gasteiger partial charge in [-0.25, -0.2) is 4.79 Å². The molecule has 2 aromatic heterocycles. The predicted molar refractivity (Wildman–Crippen MR) is 178 cm³/mol. The molecule has 2 aromatic carbocycles. The van der Waals surface area contributed by atoms with Gasteiger partial charge in [0.1, 0.15) is 24.2 Å². The van der Waals surface area contributed by atoms with Crippen molar-refractivity contribution in [1.82, 2.24) is 9.55 Å². The van der Waals surface area contributed by atoms with Crippen molar-refractivity contribution in [1.29, 1.82) is 0 Å². The molecule has 8 heteroatoms. The number of hydrogen-bond donors (Lipinski definition) is 0. The number of pyridine rings is 1. The summed E-state index contributed by atoms with van der Waals surface area (Å²) in [7, 11) is 0. The summed E-state index contributed by atoms with van der Waals surface area (Å²) in [5, 5.41) is 0.993. The molecule has 1 aliphatic heterocycles. The number of carbonyl (C=O) groups excluding carboxylic acids is 1. The molecule has 0 saturated carbocycles. The maximum Gasteiger partial charge on any atom is 0.341 e. The van der Waals surface area contributed by atoms with Crippen molar-refractivity contribution in [3.05, 3.63) is 114 Å². The smallest absolute Gasteiger partial charge is 0.341 e. The zero-order chi connectivity index (χ0) is 32.0. The van der Waals surface area contributed by atoms with E-state index in [-0.39, 0.29) is 12.7 Å². The van der Waals surface area contributed by atoms with Gasteiger partial charge in [-0.1, -0.05) is 30.4 Å². The normalized spacial score (nSPS) is 16.3. The number of aryl methyl sites for hydroxylation is 1. The number of benzene rings is 2. The van der Waals surface area contributed by atoms with E-state index in [1.54, 1.807) is 30.5 Å². The van der Waals surface area contributed by atoms with Crippen LogP contribution in [-0.2, 0) is 26.4 Å². The largest absolute Gasteiger partial charge is 0.490 e. The number of nitrogens with zero attached hydrogens (tertiary/aromatic N) is 3. The number of esters is 1. The second-order valence-corrected chi connectivity index (χ2v) is 10.9. The van der Waals surface area contributed by atoms with Gasteiger partial charge in [0.25, 0.3) is 0 Å². The molecule has 2 atom stereocenters. The fourth-order valence-electron chi connectivity index (χ4n) is 6.38. The number of aromatic nitrogens is 2. The number of anilines is 1. The topological polar surface area (TPSA) is 75.0 Å². The van der Waals surface area contributed by atoms with Crippen molar-refractivity contribution in [2.24, 2.45) is 0 Å². The van der Waals surface area contributed by atoms with Gasteiger partial charge < -0.3 is 28.4 Å². The number of ether oxygens (including phenoxy) is 4. The van der Waals surface area contributed by atoms with Gasteiger partial charge in [-0.3, -0.25) is 4.98 Å². The number of carbonyl (C=O) groups is 1. The molecule has 2 unspecified atom stereocenters. The Morgan fingerprint density at radius 3 is 2.53 bits per heavy atom. The van der Waals surface area contributed by atoms with Crippen LogP contribution in [0, 0.1) is 6.92 Å². The van der Waals surface area contributed by atoms with Gasteiger partial charge in [-0.2, -0.15) is 0 Å². The lowest BCUT2D eigenvalue weighted by Crippen LogP contribution is -2.33. The molecule has 1 aliphatic rings. The molecule has 0 aliphatic carbocycles. The van der Waals surface area contributed by atoms with E-state index < -0.39 is 11.6 Å². The van der Waals surface area contributed by atoms with Crippen molar-refractivity contribution >= 4 is 22.6 Å². The average molecular weight is 610 g/mol. The first-order valence-electron chi connectivity index (χ1n) is 15.6. The second kappa shape index (κ2) is 14.1. The van der Waals surface area contributed by atoms with E-state index in [0.29, 0.717) is 42.4 Å². The van der Waals surface area contributed by atoms with E-state index in [1.165, 1.54) is 0 Å². The van der Waals surface area contributed by atoms with E-state index in [0.717, 1.165) is 47.5 Å². The lowest BCUT2D eigenvalue weighted by molar-refractivity contribution is -0.0223. The molecule has 0 fully saturated rings. The highest BCUT2D eigenvalue weighted by Gasteiger charge is 2.54. The molecule has 8 nitrogen and oxygen atoms in total. The highest BCUT2D eigenvalue weighted by Crippen LogP contribution is 2.53. The summed E-state index contributed by atoms with van der Waals surface area (Å²) < 4.78 is 27.3. The van der Waals surface area contributed by atoms with Crippen LogP contribution in [0.25, 0.3) is 10.9 Å². The van der Waals surface area contributed by atoms with Crippen LogP contribution in [0.2, 0.25) is 0 Å². The van der Waals surface area contributed by atoms with Crippen molar-refractivity contribution in [2.75, 3.05) is 44.4 Å². The van der Waals surface area contributed by atoms with Crippen molar-refractivity contribution in [3.8, 4) is 5.75 Å². The number of hydrogen-bond acceptors (Lipinski definition) is 7. The Hall–Kier alpha value is -4.40. The standard InChI is InChI=1S/C37H43N3O5/c1-7-21-42-24-28(43-22-8-2)25-44-33-23-27(39(9-3)10-4)18-19-31(33)37(35-30(36(41)45-37)16-14-20-38-35)34-26(6)40(11-5)32-17-13-12-15-29(32)34/h7-8,12-20,23,28H,1-2,9-11,21-22,24-25H2,3-6H3. The van der Waals surface area contributed by atoms with Gasteiger partial charge in [0.15, 0.2) is 0 Å². The van der Waals surface area contributed by atoms with Crippen molar-refractivity contribution in [2.45, 2.75) is 45.9 Å². The molecule has 45 heavy (non-hydrogen) atoms. The molecule has 5 rings (SSSR count). The average Bonchev–Trinajstić information content (AvgIpc) is 3.52. The Morgan fingerprint density at radius 2 is 1.80 bits per heavy atom. The molecular weight excluding hydrogens is 566 g/mol. The molecule has 0 spiro atoms. The molecule has 4 aromatic rings. The van der Waals surface area contributed by atoms with Crippen LogP contribution < -0.4 is 9.64 Å². The molecular formula is C37H43N3O5. The summed E-state index contributed by atoms with van der Waals surface area (Å²) in [5.41, 5.74) is 4.26. The number of fused-ring (bicyclic) bond motifs is 2. The summed E-state index contributed by atoms with van der Waals surface area (Å²) in [6, 6.07) is 17.9. The maximum absolute atomic E-state index is 13.7. The fourth-order valence-corrected chi connectivity index (χ4v) is 6.38. The molecule has 0 bridgehead atoms.